The predicted octanol–water partition coefficient (Wildman–Crippen LogP) is 1.98. The molecule has 0 amide bonds. The molecule has 3 rings (SSSR count). The Morgan fingerprint density at radius 3 is 2.22 bits per heavy atom. The van der Waals surface area contributed by atoms with Gasteiger partial charge in [0.15, 0.2) is 0 Å². The van der Waals surface area contributed by atoms with Crippen LogP contribution in [0.3, 0.4) is 0 Å². The molecule has 0 saturated heterocycles. The summed E-state index contributed by atoms with van der Waals surface area (Å²) in [5.74, 6) is -0.454. The lowest BCUT2D eigenvalue weighted by Crippen LogP contribution is -2.31. The fourth-order valence-electron chi connectivity index (χ4n) is 2.12. The number of aromatic amines is 1. The van der Waals surface area contributed by atoms with E-state index in [2.05, 4.69) is 9.98 Å². The van der Waals surface area contributed by atoms with Crippen LogP contribution in [0.2, 0.25) is 0 Å². The van der Waals surface area contributed by atoms with Crippen LogP contribution in [-0.2, 0) is 0 Å². The Morgan fingerprint density at radius 2 is 1.57 bits per heavy atom. The molecule has 0 saturated carbocycles. The van der Waals surface area contributed by atoms with E-state index < -0.39 is 17.1 Å². The average molecular weight is 307 g/mol. The summed E-state index contributed by atoms with van der Waals surface area (Å²) in [5, 5.41) is 10.3. The molecule has 0 aliphatic carbocycles. The molecule has 0 aliphatic rings. The summed E-state index contributed by atoms with van der Waals surface area (Å²) >= 11 is 0. The first-order valence-electron chi connectivity index (χ1n) is 6.89. The topological polar surface area (TPSA) is 87.5 Å². The molecule has 6 nitrogen and oxygen atoms in total. The van der Waals surface area contributed by atoms with Gasteiger partial charge in [-0.25, -0.2) is 9.36 Å². The van der Waals surface area contributed by atoms with Crippen LogP contribution >= 0.6 is 0 Å². The molecule has 114 valence electrons. The molecule has 0 fully saturated rings. The number of H-pyrrole nitrogens is 1. The molecule has 6 heteroatoms. The number of nitrogens with zero attached hydrogens (tertiary/aromatic N) is 2. The minimum absolute atomic E-state index is 0.0858. The van der Waals surface area contributed by atoms with Gasteiger partial charge in [-0.2, -0.15) is 0 Å². The number of aromatic nitrogens is 2. The van der Waals surface area contributed by atoms with Crippen LogP contribution in [0.4, 0.5) is 5.69 Å². The molecule has 0 unspecified atom stereocenters. The van der Waals surface area contributed by atoms with Gasteiger partial charge in [-0.05, 0) is 24.3 Å². The highest BCUT2D eigenvalue weighted by Crippen LogP contribution is 2.16. The molecular weight excluding hydrogens is 294 g/mol. The molecule has 0 atom stereocenters. The number of aromatic hydroxyl groups is 1. The third-order valence-corrected chi connectivity index (χ3v) is 3.23. The van der Waals surface area contributed by atoms with E-state index in [0.29, 0.717) is 11.4 Å². The largest absolute Gasteiger partial charge is 0.493 e. The molecule has 0 bridgehead atoms. The zero-order valence-corrected chi connectivity index (χ0v) is 12.0. The van der Waals surface area contributed by atoms with E-state index in [1.165, 1.54) is 6.21 Å². The maximum absolute atomic E-state index is 12.0. The third-order valence-electron chi connectivity index (χ3n) is 3.23. The lowest BCUT2D eigenvalue weighted by molar-refractivity contribution is 0.430. The summed E-state index contributed by atoms with van der Waals surface area (Å²) in [4.78, 5) is 30.3. The smallest absolute Gasteiger partial charge is 0.335 e. The second kappa shape index (κ2) is 6.15. The number of para-hydroxylation sites is 2. The monoisotopic (exact) mass is 307 g/mol. The zero-order valence-electron chi connectivity index (χ0n) is 12.0. The van der Waals surface area contributed by atoms with E-state index in [-0.39, 0.29) is 5.56 Å². The average Bonchev–Trinajstić information content (AvgIpc) is 2.56. The fourth-order valence-corrected chi connectivity index (χ4v) is 2.12. The molecule has 0 spiro atoms. The van der Waals surface area contributed by atoms with Crippen molar-refractivity contribution >= 4 is 11.9 Å². The fraction of sp³-hybridized carbons (Fsp3) is 0. The first-order valence-corrected chi connectivity index (χ1v) is 6.89. The Labute approximate surface area is 131 Å². The van der Waals surface area contributed by atoms with Crippen molar-refractivity contribution in [2.45, 2.75) is 0 Å². The van der Waals surface area contributed by atoms with Gasteiger partial charge < -0.3 is 5.11 Å². The standard InChI is InChI=1S/C17H13N3O3/c21-15-14(11-18-12-7-3-1-4-8-12)16(22)20(17(23)19-15)13-9-5-2-6-10-13/h1-11,22H,(H,19,21,23). The van der Waals surface area contributed by atoms with Crippen molar-refractivity contribution in [3.63, 3.8) is 0 Å². The van der Waals surface area contributed by atoms with Gasteiger partial charge in [0.1, 0.15) is 5.56 Å². The van der Waals surface area contributed by atoms with Crippen LogP contribution in [0.1, 0.15) is 5.56 Å². The quantitative estimate of drug-likeness (QED) is 0.725. The van der Waals surface area contributed by atoms with Crippen molar-refractivity contribution < 1.29 is 5.11 Å². The highest BCUT2D eigenvalue weighted by Gasteiger charge is 2.13. The summed E-state index contributed by atoms with van der Waals surface area (Å²) < 4.78 is 1.02. The normalized spacial score (nSPS) is 11.0. The van der Waals surface area contributed by atoms with Gasteiger partial charge in [0, 0.05) is 6.21 Å². The van der Waals surface area contributed by atoms with Gasteiger partial charge in [0.2, 0.25) is 5.88 Å². The van der Waals surface area contributed by atoms with Crippen molar-refractivity contribution in [3.8, 4) is 11.6 Å². The van der Waals surface area contributed by atoms with E-state index in [1.54, 1.807) is 42.5 Å². The minimum Gasteiger partial charge on any atom is -0.493 e. The van der Waals surface area contributed by atoms with Crippen LogP contribution in [0.25, 0.3) is 5.69 Å². The molecule has 0 aliphatic heterocycles. The Morgan fingerprint density at radius 1 is 0.957 bits per heavy atom. The van der Waals surface area contributed by atoms with E-state index in [1.807, 2.05) is 18.2 Å². The van der Waals surface area contributed by atoms with Crippen LogP contribution in [0, 0.1) is 0 Å². The van der Waals surface area contributed by atoms with Crippen molar-refractivity contribution in [2.75, 3.05) is 0 Å². The first-order chi connectivity index (χ1) is 11.2. The van der Waals surface area contributed by atoms with E-state index in [0.717, 1.165) is 4.57 Å². The molecule has 1 heterocycles. The molecule has 1 aromatic heterocycles. The van der Waals surface area contributed by atoms with Gasteiger partial charge in [-0.1, -0.05) is 36.4 Å². The number of aliphatic imine (C=N–C) groups is 1. The first kappa shape index (κ1) is 14.5. The summed E-state index contributed by atoms with van der Waals surface area (Å²) in [6, 6.07) is 17.5. The summed E-state index contributed by atoms with van der Waals surface area (Å²) in [7, 11) is 0. The summed E-state index contributed by atoms with van der Waals surface area (Å²) in [6.07, 6.45) is 1.24. The number of nitrogens with one attached hydrogen (secondary N) is 1. The Bertz CT molecular complexity index is 958. The molecular formula is C17H13N3O3. The number of benzene rings is 2. The maximum Gasteiger partial charge on any atom is 0.335 e. The molecule has 0 radical (unpaired) electrons. The third kappa shape index (κ3) is 2.96. The summed E-state index contributed by atoms with van der Waals surface area (Å²) in [6.45, 7) is 0. The van der Waals surface area contributed by atoms with Crippen molar-refractivity contribution in [2.24, 2.45) is 4.99 Å². The van der Waals surface area contributed by atoms with Crippen molar-refractivity contribution in [1.29, 1.82) is 0 Å². The van der Waals surface area contributed by atoms with Crippen LogP contribution in [0.15, 0.2) is 75.2 Å². The van der Waals surface area contributed by atoms with Crippen molar-refractivity contribution in [1.82, 2.24) is 9.55 Å². The van der Waals surface area contributed by atoms with Gasteiger partial charge in [-0.15, -0.1) is 0 Å². The second-order valence-electron chi connectivity index (χ2n) is 4.76. The van der Waals surface area contributed by atoms with Crippen LogP contribution in [-0.4, -0.2) is 20.9 Å². The Balaban J connectivity index is 2.14. The zero-order chi connectivity index (χ0) is 16.2. The molecule has 2 aromatic carbocycles. The summed E-state index contributed by atoms with van der Waals surface area (Å²) in [5.41, 5.74) is -0.420. The van der Waals surface area contributed by atoms with Crippen molar-refractivity contribution in [3.05, 3.63) is 87.1 Å². The Kier molecular flexibility index (Phi) is 3.88. The second-order valence-corrected chi connectivity index (χ2v) is 4.76. The van der Waals surface area contributed by atoms with Gasteiger partial charge in [0.05, 0.1) is 11.4 Å². The van der Waals surface area contributed by atoms with E-state index in [4.69, 9.17) is 0 Å². The SMILES string of the molecule is O=c1[nH]c(=O)n(-c2ccccc2)c(O)c1C=Nc1ccccc1. The molecule has 2 N–H and O–H groups in total. The Hall–Kier alpha value is -3.41. The highest BCUT2D eigenvalue weighted by molar-refractivity contribution is 5.84. The lowest BCUT2D eigenvalue weighted by Gasteiger charge is -2.09. The minimum atomic E-state index is -0.712. The maximum atomic E-state index is 12.0. The lowest BCUT2D eigenvalue weighted by atomic mass is 10.3. The molecule has 3 aromatic rings. The number of rotatable bonds is 3. The van der Waals surface area contributed by atoms with Crippen LogP contribution < -0.4 is 11.2 Å². The molecule has 23 heavy (non-hydrogen) atoms. The van der Waals surface area contributed by atoms with E-state index in [9.17, 15) is 14.7 Å². The van der Waals surface area contributed by atoms with Gasteiger partial charge >= 0.3 is 5.69 Å². The van der Waals surface area contributed by atoms with E-state index >= 15 is 0 Å². The van der Waals surface area contributed by atoms with Crippen LogP contribution in [0.5, 0.6) is 5.88 Å². The van der Waals surface area contributed by atoms with Gasteiger partial charge in [0.25, 0.3) is 5.56 Å². The predicted molar refractivity (Wildman–Crippen MR) is 88.0 cm³/mol. The number of hydrogen-bond donors (Lipinski definition) is 2. The number of hydrogen-bond acceptors (Lipinski definition) is 4. The van der Waals surface area contributed by atoms with Gasteiger partial charge in [-0.3, -0.25) is 14.8 Å². The highest BCUT2D eigenvalue weighted by atomic mass is 16.3.